The second-order valence-electron chi connectivity index (χ2n) is 7.91. The Kier molecular flexibility index (Phi) is 4.77. The number of methoxy groups -OCH3 is 1. The van der Waals surface area contributed by atoms with Gasteiger partial charge in [-0.1, -0.05) is 0 Å². The van der Waals surface area contributed by atoms with Crippen molar-refractivity contribution >= 4 is 5.91 Å². The van der Waals surface area contributed by atoms with Gasteiger partial charge in [0.05, 0.1) is 43.9 Å². The Bertz CT molecular complexity index is 910. The van der Waals surface area contributed by atoms with Crippen molar-refractivity contribution in [2.75, 3.05) is 39.9 Å². The van der Waals surface area contributed by atoms with E-state index in [1.807, 2.05) is 33.8 Å². The van der Waals surface area contributed by atoms with Crippen LogP contribution in [0.3, 0.4) is 0 Å². The molecule has 154 valence electrons. The summed E-state index contributed by atoms with van der Waals surface area (Å²) in [7, 11) is 1.64. The van der Waals surface area contributed by atoms with Crippen molar-refractivity contribution in [3.8, 4) is 11.4 Å². The summed E-state index contributed by atoms with van der Waals surface area (Å²) >= 11 is 0. The van der Waals surface area contributed by atoms with Gasteiger partial charge in [-0.2, -0.15) is 5.10 Å². The Morgan fingerprint density at radius 1 is 1.24 bits per heavy atom. The summed E-state index contributed by atoms with van der Waals surface area (Å²) in [6.45, 7) is 3.97. The predicted octanol–water partition coefficient (Wildman–Crippen LogP) is 0.845. The maximum absolute atomic E-state index is 13.5. The van der Waals surface area contributed by atoms with Crippen molar-refractivity contribution in [2.45, 2.75) is 31.6 Å². The van der Waals surface area contributed by atoms with Crippen LogP contribution >= 0.6 is 0 Å². The van der Waals surface area contributed by atoms with Crippen LogP contribution in [0.15, 0.2) is 24.3 Å². The van der Waals surface area contributed by atoms with Crippen LogP contribution in [0, 0.1) is 0 Å². The smallest absolute Gasteiger partial charge is 0.275 e. The van der Waals surface area contributed by atoms with E-state index in [2.05, 4.69) is 4.90 Å². The molecule has 2 aromatic rings. The number of aliphatic hydroxyl groups is 1. The van der Waals surface area contributed by atoms with Crippen molar-refractivity contribution in [1.82, 2.24) is 19.6 Å². The van der Waals surface area contributed by atoms with Gasteiger partial charge in [0.2, 0.25) is 0 Å². The lowest BCUT2D eigenvalue weighted by Crippen LogP contribution is -2.51. The molecule has 0 aliphatic carbocycles. The third-order valence-electron chi connectivity index (χ3n) is 6.29. The van der Waals surface area contributed by atoms with Gasteiger partial charge in [0.15, 0.2) is 5.69 Å². The number of piperidine rings is 1. The Labute approximate surface area is 169 Å². The van der Waals surface area contributed by atoms with E-state index in [1.54, 1.807) is 7.11 Å². The van der Waals surface area contributed by atoms with E-state index in [9.17, 15) is 9.90 Å². The summed E-state index contributed by atoms with van der Waals surface area (Å²) in [5.41, 5.74) is 3.23. The largest absolute Gasteiger partial charge is 0.497 e. The topological polar surface area (TPSA) is 80.1 Å². The number of aliphatic hydroxyl groups excluding tert-OH is 1. The molecule has 6 rings (SSSR count). The van der Waals surface area contributed by atoms with E-state index in [1.165, 1.54) is 0 Å². The van der Waals surface area contributed by atoms with Crippen molar-refractivity contribution in [1.29, 1.82) is 0 Å². The minimum atomic E-state index is -0.508. The number of benzene rings is 1. The quantitative estimate of drug-likeness (QED) is 0.826. The number of fused-ring (bicyclic) bond motifs is 5. The van der Waals surface area contributed by atoms with Crippen molar-refractivity contribution in [3.05, 3.63) is 41.2 Å². The average molecular weight is 398 g/mol. The van der Waals surface area contributed by atoms with Gasteiger partial charge >= 0.3 is 0 Å². The molecule has 8 heteroatoms. The molecule has 3 saturated heterocycles. The lowest BCUT2D eigenvalue weighted by Gasteiger charge is -2.35. The minimum Gasteiger partial charge on any atom is -0.497 e. The van der Waals surface area contributed by atoms with Crippen LogP contribution in [-0.4, -0.2) is 82.6 Å². The van der Waals surface area contributed by atoms with Crippen LogP contribution in [0.5, 0.6) is 5.75 Å². The molecule has 0 saturated carbocycles. The van der Waals surface area contributed by atoms with Crippen molar-refractivity contribution in [2.24, 2.45) is 0 Å². The van der Waals surface area contributed by atoms with E-state index in [4.69, 9.17) is 14.6 Å². The Hall–Kier alpha value is -2.42. The molecule has 2 bridgehead atoms. The first kappa shape index (κ1) is 18.6. The Morgan fingerprint density at radius 2 is 2.07 bits per heavy atom. The molecular weight excluding hydrogens is 372 g/mol. The van der Waals surface area contributed by atoms with Gasteiger partial charge in [0, 0.05) is 38.2 Å². The van der Waals surface area contributed by atoms with Crippen LogP contribution in [0.2, 0.25) is 0 Å². The molecular formula is C21H26N4O4. The molecule has 0 spiro atoms. The van der Waals surface area contributed by atoms with Gasteiger partial charge in [-0.15, -0.1) is 0 Å². The molecule has 3 fully saturated rings. The zero-order valence-corrected chi connectivity index (χ0v) is 16.6. The minimum absolute atomic E-state index is 0.105. The highest BCUT2D eigenvalue weighted by atomic mass is 16.5. The number of hydrogen-bond donors (Lipinski definition) is 1. The van der Waals surface area contributed by atoms with E-state index >= 15 is 0 Å². The average Bonchev–Trinajstić information content (AvgIpc) is 2.91. The molecule has 4 aliphatic heterocycles. The summed E-state index contributed by atoms with van der Waals surface area (Å²) in [4.78, 5) is 17.6. The number of ether oxygens (including phenoxy) is 2. The number of rotatable bonds is 3. The summed E-state index contributed by atoms with van der Waals surface area (Å²) in [6.07, 6.45) is 0.998. The first-order chi connectivity index (χ1) is 14.2. The number of amides is 1. The molecule has 8 nitrogen and oxygen atoms in total. The van der Waals surface area contributed by atoms with E-state index < -0.39 is 6.10 Å². The zero-order valence-electron chi connectivity index (χ0n) is 16.6. The molecule has 1 amide bonds. The maximum Gasteiger partial charge on any atom is 0.275 e. The second-order valence-corrected chi connectivity index (χ2v) is 7.91. The first-order valence-electron chi connectivity index (χ1n) is 10.2. The van der Waals surface area contributed by atoms with E-state index in [0.717, 1.165) is 42.2 Å². The monoisotopic (exact) mass is 398 g/mol. The highest BCUT2D eigenvalue weighted by molar-refractivity contribution is 5.94. The second kappa shape index (κ2) is 7.44. The summed E-state index contributed by atoms with van der Waals surface area (Å²) in [5.74, 6) is 0.672. The number of carbonyl (C=O) groups is 1. The third-order valence-corrected chi connectivity index (χ3v) is 6.29. The number of hydrogen-bond acceptors (Lipinski definition) is 6. The fourth-order valence-corrected chi connectivity index (χ4v) is 4.70. The number of carbonyl (C=O) groups excluding carboxylic acids is 1. The van der Waals surface area contributed by atoms with Crippen LogP contribution in [0.1, 0.15) is 28.2 Å². The Morgan fingerprint density at radius 3 is 2.83 bits per heavy atom. The van der Waals surface area contributed by atoms with Gasteiger partial charge in [0.1, 0.15) is 5.75 Å². The first-order valence-corrected chi connectivity index (χ1v) is 10.2. The normalized spacial score (nSPS) is 26.1. The molecule has 3 atom stereocenters. The fourth-order valence-electron chi connectivity index (χ4n) is 4.70. The highest BCUT2D eigenvalue weighted by Gasteiger charge is 2.40. The molecule has 1 aromatic heterocycles. The van der Waals surface area contributed by atoms with E-state index in [0.29, 0.717) is 38.4 Å². The number of nitrogens with zero attached hydrogens (tertiary/aromatic N) is 4. The lowest BCUT2D eigenvalue weighted by atomic mass is 10.0. The number of aromatic nitrogens is 2. The maximum atomic E-state index is 13.5. The molecule has 4 aliphatic rings. The fraction of sp³-hybridized carbons (Fsp3) is 0.524. The SMILES string of the molecule is COc1ccc(-n2nc(C(=O)N3CCN4CCC3C(O)C4)c3c2CCOC3)cc1. The van der Waals surface area contributed by atoms with Crippen LogP contribution in [-0.2, 0) is 17.8 Å². The van der Waals surface area contributed by atoms with Crippen LogP contribution < -0.4 is 4.74 Å². The molecule has 1 N–H and O–H groups in total. The highest BCUT2D eigenvalue weighted by Crippen LogP contribution is 2.28. The third kappa shape index (κ3) is 3.21. The van der Waals surface area contributed by atoms with E-state index in [-0.39, 0.29) is 11.9 Å². The summed E-state index contributed by atoms with van der Waals surface area (Å²) in [6, 6.07) is 7.53. The molecule has 29 heavy (non-hydrogen) atoms. The molecule has 0 radical (unpaired) electrons. The van der Waals surface area contributed by atoms with Crippen molar-refractivity contribution < 1.29 is 19.4 Å². The van der Waals surface area contributed by atoms with Gasteiger partial charge in [0.25, 0.3) is 5.91 Å². The van der Waals surface area contributed by atoms with Gasteiger partial charge in [-0.05, 0) is 30.7 Å². The summed E-state index contributed by atoms with van der Waals surface area (Å²) in [5, 5.41) is 15.3. The van der Waals surface area contributed by atoms with Crippen molar-refractivity contribution in [3.63, 3.8) is 0 Å². The summed E-state index contributed by atoms with van der Waals surface area (Å²) < 4.78 is 12.8. The molecule has 5 heterocycles. The predicted molar refractivity (Wildman–Crippen MR) is 105 cm³/mol. The molecule has 3 unspecified atom stereocenters. The zero-order chi connectivity index (χ0) is 20.0. The molecule has 1 aromatic carbocycles. The van der Waals surface area contributed by atoms with Gasteiger partial charge in [-0.25, -0.2) is 4.68 Å². The lowest BCUT2D eigenvalue weighted by molar-refractivity contribution is 0.0210. The van der Waals surface area contributed by atoms with Crippen LogP contribution in [0.4, 0.5) is 0 Å². The van der Waals surface area contributed by atoms with Crippen LogP contribution in [0.25, 0.3) is 5.69 Å². The van der Waals surface area contributed by atoms with Gasteiger partial charge < -0.3 is 19.5 Å². The van der Waals surface area contributed by atoms with Gasteiger partial charge in [-0.3, -0.25) is 9.69 Å². The standard InChI is InChI=1S/C21H26N4O4/c1-28-15-4-2-14(3-5-15)25-17-7-11-29-13-16(17)20(22-25)21(27)24-10-9-23-8-6-18(24)19(26)12-23/h2-5,18-19,26H,6-13H2,1H3. The Balaban J connectivity index is 1.53.